The standard InChI is InChI=1S/C56H68N12O7S/c1-33(35-9-11-38(12-10-35)47-34(2)59-32-76-47)60-52(72)44-28-43(69)31-68(44)54(74)48(56(3,4)5)63-51(71)39-13-15-40(16-14-39)53(73)65-24-21-37(22-25-65)36-17-19-41(20-18-36)61-50-46(49(57)70)58-29-45(62-50)66-23-7-8-42(30-66)67-27-26-64(6)55(67)75/h9-20,29,32-33,37,42-44,48,69H,7-8,21-28,30-31H2,1-6H3,(H2,57,70)(H,60,72)(H,61,62)(H,63,71)/t33-,42+,43+,44-,48+/m0/s1. The van der Waals surface area contributed by atoms with E-state index in [2.05, 4.69) is 30.8 Å². The number of rotatable bonds is 14. The molecular weight excluding hydrogens is 985 g/mol. The number of aliphatic hydroxyl groups excluding tert-OH is 1. The lowest BCUT2D eigenvalue weighted by Crippen LogP contribution is -2.57. The predicted molar refractivity (Wildman–Crippen MR) is 290 cm³/mol. The number of β-amino-alcohol motifs (C(OH)–C–C–N with tert-alkyl or cyclic N) is 1. The molecule has 0 aliphatic carbocycles. The van der Waals surface area contributed by atoms with Gasteiger partial charge in [0, 0.05) is 76.1 Å². The van der Waals surface area contributed by atoms with Crippen molar-refractivity contribution in [3.63, 3.8) is 0 Å². The van der Waals surface area contributed by atoms with Crippen LogP contribution in [-0.2, 0) is 9.59 Å². The molecule has 6 N–H and O–H groups in total. The van der Waals surface area contributed by atoms with Gasteiger partial charge in [-0.25, -0.2) is 19.7 Å². The number of nitrogens with one attached hydrogen (secondary N) is 3. The van der Waals surface area contributed by atoms with Gasteiger partial charge in [-0.1, -0.05) is 57.2 Å². The van der Waals surface area contributed by atoms with Gasteiger partial charge in [0.05, 0.1) is 40.5 Å². The maximum absolute atomic E-state index is 14.3. The normalized spacial score (nSPS) is 20.1. The average Bonchev–Trinajstić information content (AvgIpc) is 4.14. The van der Waals surface area contributed by atoms with E-state index in [-0.39, 0.29) is 60.0 Å². The lowest BCUT2D eigenvalue weighted by molar-refractivity contribution is -0.142. The van der Waals surface area contributed by atoms with Crippen LogP contribution in [0, 0.1) is 12.3 Å². The summed E-state index contributed by atoms with van der Waals surface area (Å²) in [4.78, 5) is 104. The zero-order chi connectivity index (χ0) is 54.0. The van der Waals surface area contributed by atoms with E-state index in [0.717, 1.165) is 59.5 Å². The number of carbonyl (C=O) groups excluding carboxylic acids is 6. The fourth-order valence-corrected chi connectivity index (χ4v) is 11.6. The van der Waals surface area contributed by atoms with Gasteiger partial charge in [-0.2, -0.15) is 0 Å². The third-order valence-corrected chi connectivity index (χ3v) is 16.2. The highest BCUT2D eigenvalue weighted by atomic mass is 32.1. The van der Waals surface area contributed by atoms with Crippen molar-refractivity contribution in [2.24, 2.45) is 11.1 Å². The van der Waals surface area contributed by atoms with Crippen LogP contribution in [0.4, 0.5) is 22.1 Å². The van der Waals surface area contributed by atoms with Gasteiger partial charge in [-0.05, 0) is 104 Å². The number of nitrogens with zero attached hydrogens (tertiary/aromatic N) is 8. The monoisotopic (exact) mass is 1050 g/mol. The Kier molecular flexibility index (Phi) is 15.7. The molecular formula is C56H68N12O7S. The summed E-state index contributed by atoms with van der Waals surface area (Å²) in [7, 11) is 1.82. The van der Waals surface area contributed by atoms with E-state index in [1.54, 1.807) is 46.7 Å². The second-order valence-corrected chi connectivity index (χ2v) is 22.5. The molecule has 4 aliphatic rings. The van der Waals surface area contributed by atoms with E-state index in [1.165, 1.54) is 4.90 Å². The highest BCUT2D eigenvalue weighted by molar-refractivity contribution is 7.13. The van der Waals surface area contributed by atoms with Crippen molar-refractivity contribution in [2.75, 3.05) is 63.1 Å². The van der Waals surface area contributed by atoms with E-state index in [9.17, 15) is 33.9 Å². The van der Waals surface area contributed by atoms with E-state index in [4.69, 9.17) is 10.7 Å². The minimum absolute atomic E-state index is 0.0260. The third-order valence-electron chi connectivity index (χ3n) is 15.3. The first-order valence-electron chi connectivity index (χ1n) is 26.1. The number of urea groups is 1. The Morgan fingerprint density at radius 1 is 0.842 bits per heavy atom. The molecule has 2 aromatic heterocycles. The lowest BCUT2D eigenvalue weighted by Gasteiger charge is -2.37. The highest BCUT2D eigenvalue weighted by Crippen LogP contribution is 2.33. The number of amides is 7. The Balaban J connectivity index is 0.772. The summed E-state index contributed by atoms with van der Waals surface area (Å²) in [6.07, 6.45) is 4.00. The van der Waals surface area contributed by atoms with Gasteiger partial charge in [-0.3, -0.25) is 24.0 Å². The number of carbonyl (C=O) groups is 6. The first-order chi connectivity index (χ1) is 36.3. The van der Waals surface area contributed by atoms with Crippen molar-refractivity contribution < 1.29 is 33.9 Å². The first-order valence-corrected chi connectivity index (χ1v) is 27.0. The van der Waals surface area contributed by atoms with Crippen molar-refractivity contribution in [1.29, 1.82) is 0 Å². The van der Waals surface area contributed by atoms with Crippen LogP contribution in [0.15, 0.2) is 84.5 Å². The quantitative estimate of drug-likeness (QED) is 0.0850. The van der Waals surface area contributed by atoms with Gasteiger partial charge >= 0.3 is 6.03 Å². The molecule has 4 saturated heterocycles. The number of aryl methyl sites for hydroxylation is 1. The number of nitrogens with two attached hydrogens (primary N) is 1. The first kappa shape index (κ1) is 53.4. The summed E-state index contributed by atoms with van der Waals surface area (Å²) in [6.45, 7) is 13.1. The van der Waals surface area contributed by atoms with Crippen LogP contribution in [0.5, 0.6) is 0 Å². The van der Waals surface area contributed by atoms with Gasteiger partial charge in [0.1, 0.15) is 17.9 Å². The molecule has 400 valence electrons. The maximum Gasteiger partial charge on any atom is 0.320 e. The SMILES string of the molecule is Cc1ncsc1-c1ccc([C@H](C)NC(=O)[C@@H]2C[C@@H](O)CN2C(=O)[C@@H](NC(=O)c2ccc(C(=O)N3CCC(c4ccc(Nc5nc(N6CCC[C@@H](N7CCN(C)C7=O)C6)cnc5C(N)=O)cc4)CC3)cc2)C(C)(C)C)cc1. The second kappa shape index (κ2) is 22.4. The highest BCUT2D eigenvalue weighted by Gasteiger charge is 2.45. The summed E-state index contributed by atoms with van der Waals surface area (Å²) in [5, 5.41) is 20.0. The van der Waals surface area contributed by atoms with E-state index in [0.29, 0.717) is 49.8 Å². The summed E-state index contributed by atoms with van der Waals surface area (Å²) in [5.74, 6) is -1.16. The minimum atomic E-state index is -1.03. The molecule has 9 rings (SSSR count). The number of aromatic nitrogens is 3. The molecule has 7 amide bonds. The van der Waals surface area contributed by atoms with Crippen molar-refractivity contribution in [3.8, 4) is 10.4 Å². The lowest BCUT2D eigenvalue weighted by atomic mass is 9.85. The van der Waals surface area contributed by atoms with Crippen molar-refractivity contribution in [2.45, 2.75) is 103 Å². The maximum atomic E-state index is 14.3. The van der Waals surface area contributed by atoms with Gasteiger partial charge in [0.2, 0.25) is 11.8 Å². The Labute approximate surface area is 447 Å². The molecule has 0 unspecified atom stereocenters. The van der Waals surface area contributed by atoms with Crippen LogP contribution < -0.4 is 26.6 Å². The molecule has 0 bridgehead atoms. The number of primary amides is 1. The number of likely N-dealkylation sites (tertiary alicyclic amines) is 2. The van der Waals surface area contributed by atoms with Crippen LogP contribution in [-0.4, -0.2) is 152 Å². The van der Waals surface area contributed by atoms with Crippen molar-refractivity contribution in [1.82, 2.24) is 45.2 Å². The number of aliphatic hydroxyl groups is 1. The van der Waals surface area contributed by atoms with Gasteiger partial charge in [-0.15, -0.1) is 11.3 Å². The van der Waals surface area contributed by atoms with E-state index < -0.39 is 47.2 Å². The smallest absolute Gasteiger partial charge is 0.320 e. The fraction of sp³-hybridized carbons (Fsp3) is 0.446. The summed E-state index contributed by atoms with van der Waals surface area (Å²) < 4.78 is 0. The van der Waals surface area contributed by atoms with Crippen LogP contribution >= 0.6 is 11.3 Å². The van der Waals surface area contributed by atoms with Gasteiger partial charge in [0.15, 0.2) is 11.5 Å². The van der Waals surface area contributed by atoms with Crippen molar-refractivity contribution >= 4 is 64.2 Å². The minimum Gasteiger partial charge on any atom is -0.391 e. The molecule has 0 radical (unpaired) electrons. The number of anilines is 3. The molecule has 0 spiro atoms. The van der Waals surface area contributed by atoms with Gasteiger partial charge < -0.3 is 51.3 Å². The van der Waals surface area contributed by atoms with Crippen LogP contribution in [0.2, 0.25) is 0 Å². The van der Waals surface area contributed by atoms with E-state index in [1.807, 2.05) is 106 Å². The number of benzene rings is 3. The van der Waals surface area contributed by atoms with Crippen molar-refractivity contribution in [3.05, 3.63) is 118 Å². The molecule has 3 aromatic carbocycles. The number of hydrogen-bond acceptors (Lipinski definition) is 13. The zero-order valence-corrected chi connectivity index (χ0v) is 44.8. The number of likely N-dealkylation sites (N-methyl/N-ethyl adjacent to an activating group) is 1. The number of piperidine rings is 2. The van der Waals surface area contributed by atoms with Crippen LogP contribution in [0.3, 0.4) is 0 Å². The predicted octanol–water partition coefficient (Wildman–Crippen LogP) is 6.09. The zero-order valence-electron chi connectivity index (χ0n) is 44.0. The Morgan fingerprint density at radius 3 is 2.17 bits per heavy atom. The van der Waals surface area contributed by atoms with Crippen LogP contribution in [0.1, 0.15) is 120 Å². The average molecular weight is 1050 g/mol. The Bertz CT molecular complexity index is 2960. The third kappa shape index (κ3) is 11.7. The molecule has 6 heterocycles. The Hall–Kier alpha value is -7.45. The fourth-order valence-electron chi connectivity index (χ4n) is 10.8. The largest absolute Gasteiger partial charge is 0.391 e. The second-order valence-electron chi connectivity index (χ2n) is 21.6. The molecule has 5 atom stereocenters. The molecule has 76 heavy (non-hydrogen) atoms. The van der Waals surface area contributed by atoms with Crippen LogP contribution in [0.25, 0.3) is 10.4 Å². The topological polar surface area (TPSA) is 240 Å². The number of hydrogen-bond donors (Lipinski definition) is 5. The van der Waals surface area contributed by atoms with Gasteiger partial charge in [0.25, 0.3) is 17.7 Å². The summed E-state index contributed by atoms with van der Waals surface area (Å²) in [6, 6.07) is 20.0. The van der Waals surface area contributed by atoms with E-state index >= 15 is 0 Å². The molecule has 5 aromatic rings. The molecule has 4 aliphatic heterocycles. The molecule has 20 heteroatoms. The molecule has 4 fully saturated rings. The summed E-state index contributed by atoms with van der Waals surface area (Å²) >= 11 is 1.57. The molecule has 0 saturated carbocycles. The number of thiazole rings is 1. The summed E-state index contributed by atoms with van der Waals surface area (Å²) in [5.41, 5.74) is 12.2. The molecule has 19 nitrogen and oxygen atoms in total. The Morgan fingerprint density at radius 2 is 1.54 bits per heavy atom.